The number of rotatable bonds is 16. The zero-order chi connectivity index (χ0) is 52.4. The predicted octanol–water partition coefficient (Wildman–Crippen LogP) is 9.26. The van der Waals surface area contributed by atoms with E-state index in [0.29, 0.717) is 18.4 Å². The van der Waals surface area contributed by atoms with Crippen molar-refractivity contribution >= 4 is 89.1 Å². The Bertz CT molecular complexity index is 2400. The summed E-state index contributed by atoms with van der Waals surface area (Å²) in [5, 5.41) is 29.4. The van der Waals surface area contributed by atoms with Crippen LogP contribution in [0.15, 0.2) is 77.4 Å². The topological polar surface area (TPSA) is 269 Å². The van der Waals surface area contributed by atoms with Crippen LogP contribution >= 0.6 is 54.0 Å². The Morgan fingerprint density at radius 3 is 2.10 bits per heavy atom. The molecule has 2 heterocycles. The molecule has 1 fully saturated rings. The predicted molar refractivity (Wildman–Crippen MR) is 248 cm³/mol. The average molecular weight is 1080 g/mol. The van der Waals surface area contributed by atoms with E-state index in [1.54, 1.807) is 38.2 Å². The van der Waals surface area contributed by atoms with Gasteiger partial charge < -0.3 is 43.5 Å². The number of methoxy groups -OCH3 is 1. The summed E-state index contributed by atoms with van der Waals surface area (Å²) in [7, 11) is -2.52. The third-order valence-corrected chi connectivity index (χ3v) is 10.7. The maximum Gasteiger partial charge on any atom is 0.416 e. The van der Waals surface area contributed by atoms with Crippen LogP contribution < -0.4 is 15.0 Å². The number of anilines is 1. The third kappa shape index (κ3) is 19.0. The maximum absolute atomic E-state index is 12.6. The number of aliphatic carboxylic acids is 1. The van der Waals surface area contributed by atoms with Crippen molar-refractivity contribution in [2.75, 3.05) is 44.0 Å². The van der Waals surface area contributed by atoms with Crippen LogP contribution in [0.2, 0.25) is 5.02 Å². The van der Waals surface area contributed by atoms with E-state index in [1.807, 2.05) is 24.3 Å². The number of hydrogen-bond donors (Lipinski definition) is 5. The second-order valence-corrected chi connectivity index (χ2v) is 17.9. The molecule has 19 nitrogen and oxygen atoms in total. The zero-order valence-electron chi connectivity index (χ0n) is 37.2. The van der Waals surface area contributed by atoms with Gasteiger partial charge in [0.05, 0.1) is 46.8 Å². The van der Waals surface area contributed by atoms with Crippen molar-refractivity contribution < 1.29 is 80.5 Å². The van der Waals surface area contributed by atoms with Gasteiger partial charge in [-0.25, -0.2) is 4.79 Å². The lowest BCUT2D eigenvalue weighted by atomic mass is 10.0. The first-order valence-electron chi connectivity index (χ1n) is 19.9. The molecule has 5 N–H and O–H groups in total. The number of ether oxygens (including phenoxy) is 3. The van der Waals surface area contributed by atoms with Crippen molar-refractivity contribution in [3.63, 3.8) is 0 Å². The van der Waals surface area contributed by atoms with Gasteiger partial charge in [0.2, 0.25) is 5.91 Å². The SMILES string of the molecule is CC1(C)OC(c2ccco2)CN1C(=O)C(Cl)Cl.CCc1cccc(CC)c1N(COC)C(=O)CCl.O=C(O)CNCP(=O)(O)O.O=C(O)c1cc(Oc2ccc(C(F)(F)F)cc2Cl)ccc1[N+](=O)[O-]. The van der Waals surface area contributed by atoms with E-state index in [2.05, 4.69) is 19.2 Å². The number of carbonyl (C=O) groups excluding carboxylic acids is 2. The molecule has 1 aliphatic rings. The molecule has 27 heteroatoms. The number of nitro groups is 1. The number of nitrogens with zero attached hydrogens (tertiary/aromatic N) is 3. The number of hydrogen-bond acceptors (Lipinski definition) is 12. The van der Waals surface area contributed by atoms with Gasteiger partial charge in [0, 0.05) is 19.2 Å². The Balaban J connectivity index is 0.000000328. The van der Waals surface area contributed by atoms with Crippen molar-refractivity contribution in [1.82, 2.24) is 10.2 Å². The molecule has 1 aromatic heterocycles. The molecule has 5 rings (SSSR count). The normalized spacial score (nSPS) is 14.0. The molecule has 1 atom stereocenters. The number of para-hydroxylation sites is 1. The molecule has 0 aliphatic carbocycles. The fourth-order valence-corrected chi connectivity index (χ4v) is 7.06. The molecular weight excluding hydrogens is 1030 g/mol. The molecule has 1 unspecified atom stereocenters. The highest BCUT2D eigenvalue weighted by Crippen LogP contribution is 2.39. The minimum Gasteiger partial charge on any atom is -0.480 e. The molecular formula is C42H48Cl4F3N4O15P. The molecule has 2 amide bonds. The summed E-state index contributed by atoms with van der Waals surface area (Å²) < 4.78 is 69.1. The largest absolute Gasteiger partial charge is 0.480 e. The summed E-state index contributed by atoms with van der Waals surface area (Å²) in [5.74, 6) is -2.81. The highest BCUT2D eigenvalue weighted by molar-refractivity contribution is 7.51. The first-order valence-corrected chi connectivity index (χ1v) is 23.5. The van der Waals surface area contributed by atoms with Gasteiger partial charge >= 0.3 is 25.7 Å². The smallest absolute Gasteiger partial charge is 0.416 e. The number of halogens is 7. The number of furan rings is 1. The molecule has 0 spiro atoms. The highest BCUT2D eigenvalue weighted by Gasteiger charge is 2.45. The summed E-state index contributed by atoms with van der Waals surface area (Å²) in [4.78, 5) is 72.9. The van der Waals surface area contributed by atoms with E-state index in [4.69, 9.17) is 85.0 Å². The number of carboxylic acids is 2. The Kier molecular flexibility index (Phi) is 23.9. The van der Waals surface area contributed by atoms with Crippen LogP contribution in [0.3, 0.4) is 0 Å². The van der Waals surface area contributed by atoms with Crippen LogP contribution in [-0.2, 0) is 47.4 Å². The number of carboxylic acid groups (broad SMARTS) is 2. The summed E-state index contributed by atoms with van der Waals surface area (Å²) in [5.41, 5.74) is 0.254. The lowest BCUT2D eigenvalue weighted by Gasteiger charge is -2.29. The van der Waals surface area contributed by atoms with Crippen molar-refractivity contribution in [2.24, 2.45) is 0 Å². The zero-order valence-corrected chi connectivity index (χ0v) is 41.2. The minimum atomic E-state index is -4.58. The Morgan fingerprint density at radius 1 is 1.03 bits per heavy atom. The third-order valence-electron chi connectivity index (χ3n) is 9.13. The van der Waals surface area contributed by atoms with Crippen LogP contribution in [0.1, 0.15) is 66.6 Å². The van der Waals surface area contributed by atoms with Crippen molar-refractivity contribution in [2.45, 2.75) is 63.4 Å². The number of aromatic carboxylic acids is 1. The van der Waals surface area contributed by atoms with Crippen molar-refractivity contribution in [1.29, 1.82) is 0 Å². The van der Waals surface area contributed by atoms with E-state index in [1.165, 1.54) is 4.90 Å². The van der Waals surface area contributed by atoms with Gasteiger partial charge in [-0.1, -0.05) is 66.8 Å². The van der Waals surface area contributed by atoms with Crippen LogP contribution in [0.25, 0.3) is 0 Å². The van der Waals surface area contributed by atoms with Crippen LogP contribution in [0.4, 0.5) is 24.5 Å². The molecule has 380 valence electrons. The van der Waals surface area contributed by atoms with Gasteiger partial charge in [-0.05, 0) is 74.2 Å². The number of benzene rings is 3. The monoisotopic (exact) mass is 1080 g/mol. The summed E-state index contributed by atoms with van der Waals surface area (Å²) in [6.07, 6.45) is -2.14. The summed E-state index contributed by atoms with van der Waals surface area (Å²) in [6.45, 7) is 7.92. The second kappa shape index (κ2) is 27.4. The van der Waals surface area contributed by atoms with E-state index in [9.17, 15) is 47.0 Å². The molecule has 0 bridgehead atoms. The Morgan fingerprint density at radius 2 is 1.65 bits per heavy atom. The Hall–Kier alpha value is -5.00. The highest BCUT2D eigenvalue weighted by atomic mass is 35.5. The number of nitrogens with one attached hydrogen (secondary N) is 1. The molecule has 69 heavy (non-hydrogen) atoms. The van der Waals surface area contributed by atoms with Gasteiger partial charge in [-0.3, -0.25) is 39.3 Å². The van der Waals surface area contributed by atoms with Crippen LogP contribution in [0, 0.1) is 10.1 Å². The fourth-order valence-electron chi connectivity index (χ4n) is 6.06. The first-order chi connectivity index (χ1) is 32.1. The maximum atomic E-state index is 12.6. The number of carbonyl (C=O) groups is 4. The van der Waals surface area contributed by atoms with Crippen LogP contribution in [-0.4, -0.2) is 103 Å². The average Bonchev–Trinajstić information content (AvgIpc) is 3.93. The number of alkyl halides is 6. The summed E-state index contributed by atoms with van der Waals surface area (Å²) in [6, 6.07) is 15.0. The standard InChI is InChI=1S/C14H7ClF3NO5.C14H20ClNO2.C11H13Cl2NO3.C3H8NO5P/c15-10-5-7(14(16,17)18)1-4-12(10)24-8-2-3-11(19(22)23)9(6-8)13(20)21;1-4-11-7-6-8-12(5-2)14(11)16(10-18-3)13(17)9-15;1-11(2)14(10(15)9(12)13)6-8(17-11)7-4-3-5-16-7;5-3(6)1-4-2-10(7,8)9/h1-6H,(H,20,21);6-8H,4-5,9-10H2,1-3H3;3-5,8-9H,6H2,1-2H3;4H,1-2H2,(H,5,6)(H2,7,8,9). The van der Waals surface area contributed by atoms with Crippen molar-refractivity contribution in [3.05, 3.63) is 116 Å². The number of nitro benzene ring substituents is 1. The van der Waals surface area contributed by atoms with E-state index in [-0.39, 0.29) is 47.1 Å². The molecule has 4 aromatic rings. The second-order valence-electron chi connectivity index (χ2n) is 14.5. The van der Waals surface area contributed by atoms with Crippen molar-refractivity contribution in [3.8, 4) is 11.5 Å². The van der Waals surface area contributed by atoms with E-state index < -0.39 is 70.8 Å². The number of aryl methyl sites for hydroxylation is 2. The van der Waals surface area contributed by atoms with Gasteiger partial charge in [0.1, 0.15) is 47.3 Å². The van der Waals surface area contributed by atoms with Gasteiger partial charge in [-0.2, -0.15) is 13.2 Å². The van der Waals surface area contributed by atoms with Crippen LogP contribution in [0.5, 0.6) is 11.5 Å². The molecule has 0 saturated carbocycles. The molecule has 1 aliphatic heterocycles. The molecule has 1 saturated heterocycles. The van der Waals surface area contributed by atoms with E-state index in [0.717, 1.165) is 60.0 Å². The van der Waals surface area contributed by atoms with Gasteiger partial charge in [0.15, 0.2) is 4.84 Å². The lowest BCUT2D eigenvalue weighted by Crippen LogP contribution is -2.45. The van der Waals surface area contributed by atoms with Gasteiger partial charge in [0.25, 0.3) is 11.6 Å². The Labute approximate surface area is 413 Å². The fraction of sp³-hybridized carbons (Fsp3) is 0.381. The minimum absolute atomic E-state index is 0.0371. The quantitative estimate of drug-likeness (QED) is 0.0230. The lowest BCUT2D eigenvalue weighted by molar-refractivity contribution is -0.385. The molecule has 3 aromatic carbocycles. The number of amides is 2. The van der Waals surface area contributed by atoms with E-state index >= 15 is 0 Å². The first kappa shape index (κ1) is 60.1. The molecule has 0 radical (unpaired) electrons. The summed E-state index contributed by atoms with van der Waals surface area (Å²) >= 11 is 22.6. The van der Waals surface area contributed by atoms with Gasteiger partial charge in [-0.15, -0.1) is 11.6 Å².